The van der Waals surface area contributed by atoms with Crippen LogP contribution < -0.4 is 5.73 Å². The van der Waals surface area contributed by atoms with Crippen LogP contribution >= 0.6 is 11.6 Å². The first kappa shape index (κ1) is 12.9. The summed E-state index contributed by atoms with van der Waals surface area (Å²) < 4.78 is 24.9. The van der Waals surface area contributed by atoms with Gasteiger partial charge in [-0.1, -0.05) is 30.7 Å². The Hall–Kier alpha value is -0.580. The van der Waals surface area contributed by atoms with Gasteiger partial charge in [-0.2, -0.15) is 0 Å². The second-order valence-electron chi connectivity index (χ2n) is 4.61. The minimum absolute atomic E-state index is 0.0173. The molecule has 0 aromatic heterocycles. The van der Waals surface area contributed by atoms with Crippen molar-refractivity contribution in [2.45, 2.75) is 36.0 Å². The minimum atomic E-state index is -3.36. The van der Waals surface area contributed by atoms with Crippen molar-refractivity contribution in [2.24, 2.45) is 11.7 Å². The highest BCUT2D eigenvalue weighted by molar-refractivity contribution is 7.92. The Morgan fingerprint density at radius 2 is 1.94 bits per heavy atom. The molecule has 0 spiro atoms. The number of sulfone groups is 1. The van der Waals surface area contributed by atoms with Gasteiger partial charge < -0.3 is 5.73 Å². The van der Waals surface area contributed by atoms with E-state index in [0.29, 0.717) is 11.4 Å². The molecule has 0 aliphatic heterocycles. The molecule has 1 aromatic rings. The first-order valence-electron chi connectivity index (χ1n) is 5.68. The monoisotopic (exact) mass is 273 g/mol. The van der Waals surface area contributed by atoms with E-state index in [-0.39, 0.29) is 16.9 Å². The molecule has 0 amide bonds. The maximum Gasteiger partial charge on any atom is 0.183 e. The number of hydrogen-bond acceptors (Lipinski definition) is 3. The maximum absolute atomic E-state index is 12.5. The molecule has 2 rings (SSSR count). The lowest BCUT2D eigenvalue weighted by Gasteiger charge is -2.19. The van der Waals surface area contributed by atoms with Crippen LogP contribution in [0, 0.1) is 5.92 Å². The molecule has 1 aliphatic rings. The van der Waals surface area contributed by atoms with Gasteiger partial charge in [-0.05, 0) is 30.9 Å². The predicted molar refractivity (Wildman–Crippen MR) is 68.8 cm³/mol. The molecular weight excluding hydrogens is 258 g/mol. The van der Waals surface area contributed by atoms with E-state index < -0.39 is 15.1 Å². The van der Waals surface area contributed by atoms with Gasteiger partial charge >= 0.3 is 0 Å². The van der Waals surface area contributed by atoms with Gasteiger partial charge in [0.05, 0.1) is 15.2 Å². The van der Waals surface area contributed by atoms with Gasteiger partial charge in [0.2, 0.25) is 0 Å². The van der Waals surface area contributed by atoms with Crippen LogP contribution in [0.4, 0.5) is 0 Å². The highest BCUT2D eigenvalue weighted by Crippen LogP contribution is 2.35. The van der Waals surface area contributed by atoms with Gasteiger partial charge in [-0.15, -0.1) is 0 Å². The molecule has 0 heterocycles. The lowest BCUT2D eigenvalue weighted by atomic mass is 10.1. The van der Waals surface area contributed by atoms with Crippen LogP contribution in [0.25, 0.3) is 0 Å². The summed E-state index contributed by atoms with van der Waals surface area (Å²) in [5, 5.41) is -0.113. The van der Waals surface area contributed by atoms with Crippen LogP contribution in [0.1, 0.15) is 19.8 Å². The van der Waals surface area contributed by atoms with Crippen molar-refractivity contribution in [2.75, 3.05) is 0 Å². The van der Waals surface area contributed by atoms with Gasteiger partial charge in [0.25, 0.3) is 0 Å². The third kappa shape index (κ3) is 2.21. The van der Waals surface area contributed by atoms with E-state index in [1.807, 2.05) is 6.92 Å². The zero-order valence-electron chi connectivity index (χ0n) is 9.64. The fourth-order valence-electron chi connectivity index (χ4n) is 2.43. The summed E-state index contributed by atoms with van der Waals surface area (Å²) >= 11 is 5.96. The van der Waals surface area contributed by atoms with Crippen LogP contribution in [0.2, 0.25) is 5.02 Å². The molecule has 94 valence electrons. The van der Waals surface area contributed by atoms with Crippen molar-refractivity contribution in [3.8, 4) is 0 Å². The topological polar surface area (TPSA) is 60.2 Å². The Labute approximate surface area is 107 Å². The third-order valence-electron chi connectivity index (χ3n) is 3.59. The van der Waals surface area contributed by atoms with Crippen LogP contribution in [-0.2, 0) is 9.84 Å². The number of halogens is 1. The molecule has 1 aliphatic carbocycles. The standard InChI is InChI=1S/C12H16ClNO2S/c1-8-10(14)6-7-11(8)17(15,16)12-5-3-2-4-9(12)13/h2-5,8,10-11H,6-7,14H2,1H3. The minimum Gasteiger partial charge on any atom is -0.327 e. The summed E-state index contributed by atoms with van der Waals surface area (Å²) in [6.45, 7) is 1.90. The summed E-state index contributed by atoms with van der Waals surface area (Å²) in [4.78, 5) is 0.229. The lowest BCUT2D eigenvalue weighted by Crippen LogP contribution is -2.32. The highest BCUT2D eigenvalue weighted by atomic mass is 35.5. The Balaban J connectivity index is 2.41. The Bertz CT molecular complexity index is 515. The van der Waals surface area contributed by atoms with E-state index in [1.165, 1.54) is 0 Å². The van der Waals surface area contributed by atoms with E-state index in [2.05, 4.69) is 0 Å². The molecule has 1 saturated carbocycles. The van der Waals surface area contributed by atoms with Crippen LogP contribution in [0.3, 0.4) is 0 Å². The summed E-state index contributed by atoms with van der Waals surface area (Å²) in [5.41, 5.74) is 5.88. The van der Waals surface area contributed by atoms with Crippen molar-refractivity contribution in [1.29, 1.82) is 0 Å². The Kier molecular flexibility index (Phi) is 3.48. The largest absolute Gasteiger partial charge is 0.327 e. The second kappa shape index (κ2) is 4.59. The van der Waals surface area contributed by atoms with E-state index in [9.17, 15) is 8.42 Å². The summed E-state index contributed by atoms with van der Waals surface area (Å²) in [6.07, 6.45) is 1.38. The molecule has 1 fully saturated rings. The fraction of sp³-hybridized carbons (Fsp3) is 0.500. The molecular formula is C12H16ClNO2S. The molecule has 0 saturated heterocycles. The normalized spacial score (nSPS) is 29.5. The molecule has 3 atom stereocenters. The Morgan fingerprint density at radius 1 is 1.29 bits per heavy atom. The quantitative estimate of drug-likeness (QED) is 0.899. The van der Waals surface area contributed by atoms with Gasteiger partial charge in [-0.25, -0.2) is 8.42 Å². The van der Waals surface area contributed by atoms with Crippen LogP contribution in [0.5, 0.6) is 0 Å². The average molecular weight is 274 g/mol. The maximum atomic E-state index is 12.5. The molecule has 3 unspecified atom stereocenters. The van der Waals surface area contributed by atoms with E-state index >= 15 is 0 Å². The van der Waals surface area contributed by atoms with Gasteiger partial charge in [0.15, 0.2) is 9.84 Å². The molecule has 5 heteroatoms. The SMILES string of the molecule is CC1C(N)CCC1S(=O)(=O)c1ccccc1Cl. The Morgan fingerprint density at radius 3 is 2.47 bits per heavy atom. The molecule has 2 N–H and O–H groups in total. The third-order valence-corrected chi connectivity index (χ3v) is 6.46. The van der Waals surface area contributed by atoms with Gasteiger partial charge in [-0.3, -0.25) is 0 Å². The van der Waals surface area contributed by atoms with Crippen LogP contribution in [0.15, 0.2) is 29.2 Å². The van der Waals surface area contributed by atoms with Gasteiger partial charge in [0, 0.05) is 6.04 Å². The summed E-state index contributed by atoms with van der Waals surface area (Å²) in [6, 6.07) is 6.56. The van der Waals surface area contributed by atoms with E-state index in [4.69, 9.17) is 17.3 Å². The zero-order valence-corrected chi connectivity index (χ0v) is 11.2. The molecule has 1 aromatic carbocycles. The van der Waals surface area contributed by atoms with Gasteiger partial charge in [0.1, 0.15) is 0 Å². The number of nitrogens with two attached hydrogens (primary N) is 1. The van der Waals surface area contributed by atoms with Crippen molar-refractivity contribution < 1.29 is 8.42 Å². The number of rotatable bonds is 2. The zero-order chi connectivity index (χ0) is 12.6. The first-order chi connectivity index (χ1) is 7.94. The number of hydrogen-bond donors (Lipinski definition) is 1. The van der Waals surface area contributed by atoms with Crippen molar-refractivity contribution >= 4 is 21.4 Å². The fourth-order valence-corrected chi connectivity index (χ4v) is 5.04. The second-order valence-corrected chi connectivity index (χ2v) is 7.16. The molecule has 0 bridgehead atoms. The average Bonchev–Trinajstić information content (AvgIpc) is 2.60. The highest BCUT2D eigenvalue weighted by Gasteiger charge is 2.40. The van der Waals surface area contributed by atoms with Crippen molar-refractivity contribution in [3.05, 3.63) is 29.3 Å². The molecule has 0 radical (unpaired) electrons. The summed E-state index contributed by atoms with van der Waals surface area (Å²) in [5.74, 6) is -0.0173. The predicted octanol–water partition coefficient (Wildman–Crippen LogP) is 2.24. The van der Waals surface area contributed by atoms with Crippen molar-refractivity contribution in [3.63, 3.8) is 0 Å². The van der Waals surface area contributed by atoms with E-state index in [1.54, 1.807) is 24.3 Å². The van der Waals surface area contributed by atoms with E-state index in [0.717, 1.165) is 6.42 Å². The first-order valence-corrected chi connectivity index (χ1v) is 7.61. The summed E-state index contributed by atoms with van der Waals surface area (Å²) in [7, 11) is -3.36. The molecule has 17 heavy (non-hydrogen) atoms. The smallest absolute Gasteiger partial charge is 0.183 e. The lowest BCUT2D eigenvalue weighted by molar-refractivity contribution is 0.507. The number of benzene rings is 1. The van der Waals surface area contributed by atoms with Crippen LogP contribution in [-0.4, -0.2) is 19.7 Å². The molecule has 3 nitrogen and oxygen atoms in total. The van der Waals surface area contributed by atoms with Crippen molar-refractivity contribution in [1.82, 2.24) is 0 Å².